The quantitative estimate of drug-likeness (QED) is 0.512. The molecular weight excluding hydrogens is 532 g/mol. The van der Waals surface area contributed by atoms with Gasteiger partial charge in [0.15, 0.2) is 11.5 Å². The van der Waals surface area contributed by atoms with Crippen LogP contribution in [0.25, 0.3) is 0 Å². The zero-order chi connectivity index (χ0) is 27.5. The van der Waals surface area contributed by atoms with Crippen LogP contribution in [0, 0.1) is 5.92 Å². The van der Waals surface area contributed by atoms with Crippen molar-refractivity contribution in [2.45, 2.75) is 22.6 Å². The summed E-state index contributed by atoms with van der Waals surface area (Å²) in [6, 6.07) is 10.5. The molecule has 0 radical (unpaired) electrons. The van der Waals surface area contributed by atoms with Gasteiger partial charge in [-0.3, -0.25) is 4.79 Å². The average Bonchev–Trinajstić information content (AvgIpc) is 2.93. The van der Waals surface area contributed by atoms with Gasteiger partial charge in [-0.15, -0.1) is 0 Å². The van der Waals surface area contributed by atoms with Crippen molar-refractivity contribution < 1.29 is 31.1 Å². The second kappa shape index (κ2) is 11.6. The number of benzene rings is 2. The van der Waals surface area contributed by atoms with Crippen molar-refractivity contribution >= 4 is 31.6 Å². The van der Waals surface area contributed by atoms with E-state index in [1.807, 2.05) is 7.05 Å². The fraction of sp³-hybridized carbons (Fsp3) is 0.480. The van der Waals surface area contributed by atoms with Crippen LogP contribution < -0.4 is 14.8 Å². The van der Waals surface area contributed by atoms with E-state index >= 15 is 0 Å². The van der Waals surface area contributed by atoms with Crippen molar-refractivity contribution in [2.75, 3.05) is 65.9 Å². The fourth-order valence-corrected chi connectivity index (χ4v) is 7.59. The van der Waals surface area contributed by atoms with Crippen LogP contribution in [0.3, 0.4) is 0 Å². The first kappa shape index (κ1) is 28.3. The molecule has 0 bridgehead atoms. The number of nitrogens with zero attached hydrogens (tertiary/aromatic N) is 3. The number of likely N-dealkylation sites (N-methyl/N-ethyl adjacent to an activating group) is 1. The molecule has 0 unspecified atom stereocenters. The summed E-state index contributed by atoms with van der Waals surface area (Å²) in [4.78, 5) is 15.3. The smallest absolute Gasteiger partial charge is 0.243 e. The third-order valence-electron chi connectivity index (χ3n) is 6.97. The highest BCUT2D eigenvalue weighted by atomic mass is 32.2. The first-order valence-electron chi connectivity index (χ1n) is 12.4. The number of anilines is 1. The maximum atomic E-state index is 13.3. The minimum absolute atomic E-state index is 0.0401. The number of ether oxygens (including phenoxy) is 2. The largest absolute Gasteiger partial charge is 0.493 e. The Morgan fingerprint density at radius 2 is 1.42 bits per heavy atom. The summed E-state index contributed by atoms with van der Waals surface area (Å²) in [5, 5.41) is 2.81. The lowest BCUT2D eigenvalue weighted by molar-refractivity contribution is -0.120. The van der Waals surface area contributed by atoms with Crippen LogP contribution in [-0.2, 0) is 24.8 Å². The second-order valence-electron chi connectivity index (χ2n) is 9.44. The number of amides is 1. The molecule has 38 heavy (non-hydrogen) atoms. The molecule has 0 spiro atoms. The highest BCUT2D eigenvalue weighted by molar-refractivity contribution is 7.89. The predicted octanol–water partition coefficient (Wildman–Crippen LogP) is 1.68. The van der Waals surface area contributed by atoms with E-state index in [1.165, 1.54) is 53.2 Å². The molecule has 2 saturated heterocycles. The molecule has 208 valence electrons. The summed E-state index contributed by atoms with van der Waals surface area (Å²) in [5.74, 6) is -0.137. The van der Waals surface area contributed by atoms with Gasteiger partial charge < -0.3 is 19.7 Å². The maximum Gasteiger partial charge on any atom is 0.243 e. The number of carbonyl (C=O) groups is 1. The van der Waals surface area contributed by atoms with Crippen molar-refractivity contribution in [1.82, 2.24) is 13.5 Å². The lowest BCUT2D eigenvalue weighted by atomic mass is 9.99. The molecule has 0 aliphatic carbocycles. The lowest BCUT2D eigenvalue weighted by Crippen LogP contribution is -2.47. The summed E-state index contributed by atoms with van der Waals surface area (Å²) in [7, 11) is -2.60. The van der Waals surface area contributed by atoms with Crippen LogP contribution in [0.1, 0.15) is 12.8 Å². The summed E-state index contributed by atoms with van der Waals surface area (Å²) in [6.07, 6.45) is 1.08. The molecule has 1 amide bonds. The Labute approximate surface area is 224 Å². The third kappa shape index (κ3) is 5.96. The Morgan fingerprint density at radius 3 is 2.05 bits per heavy atom. The SMILES string of the molecule is COc1ccc(S(=O)(=O)N2CCC[C@H](C(=O)Nc3ccc(S(=O)(=O)N4CCN(C)CC4)cc3)C2)cc1OC. The Morgan fingerprint density at radius 1 is 0.816 bits per heavy atom. The number of piperazine rings is 1. The normalized spacial score (nSPS) is 20.1. The molecule has 2 aromatic carbocycles. The van der Waals surface area contributed by atoms with E-state index in [0.29, 0.717) is 62.8 Å². The summed E-state index contributed by atoms with van der Waals surface area (Å²) in [5.41, 5.74) is 0.451. The van der Waals surface area contributed by atoms with Crippen LogP contribution in [-0.4, -0.2) is 96.8 Å². The van der Waals surface area contributed by atoms with Crippen molar-refractivity contribution in [3.05, 3.63) is 42.5 Å². The molecule has 1 N–H and O–H groups in total. The molecule has 2 heterocycles. The zero-order valence-electron chi connectivity index (χ0n) is 21.8. The Hall–Kier alpha value is -2.71. The van der Waals surface area contributed by atoms with Crippen LogP contribution in [0.2, 0.25) is 0 Å². The summed E-state index contributed by atoms with van der Waals surface area (Å²) in [6.45, 7) is 2.56. The monoisotopic (exact) mass is 566 g/mol. The average molecular weight is 567 g/mol. The molecule has 13 heteroatoms. The third-order valence-corrected chi connectivity index (χ3v) is 10.7. The number of carbonyl (C=O) groups excluding carboxylic acids is 1. The summed E-state index contributed by atoms with van der Waals surface area (Å²) >= 11 is 0. The molecule has 2 aliphatic rings. The molecule has 4 rings (SSSR count). The maximum absolute atomic E-state index is 13.3. The van der Waals surface area contributed by atoms with Gasteiger partial charge in [-0.25, -0.2) is 16.8 Å². The number of hydrogen-bond donors (Lipinski definition) is 1. The van der Waals surface area contributed by atoms with E-state index < -0.39 is 26.0 Å². The molecule has 0 saturated carbocycles. The van der Waals surface area contributed by atoms with E-state index in [1.54, 1.807) is 12.1 Å². The second-order valence-corrected chi connectivity index (χ2v) is 13.3. The van der Waals surface area contributed by atoms with Crippen LogP contribution in [0.4, 0.5) is 5.69 Å². The van der Waals surface area contributed by atoms with Gasteiger partial charge in [-0.2, -0.15) is 8.61 Å². The van der Waals surface area contributed by atoms with Gasteiger partial charge in [0.1, 0.15) is 0 Å². The Bertz CT molecular complexity index is 1360. The molecule has 2 aromatic rings. The van der Waals surface area contributed by atoms with Crippen molar-refractivity contribution in [1.29, 1.82) is 0 Å². The molecular formula is C25H34N4O7S2. The highest BCUT2D eigenvalue weighted by Gasteiger charge is 2.34. The van der Waals surface area contributed by atoms with Gasteiger partial charge in [0.2, 0.25) is 26.0 Å². The molecule has 11 nitrogen and oxygen atoms in total. The van der Waals surface area contributed by atoms with Crippen LogP contribution in [0.15, 0.2) is 52.3 Å². The van der Waals surface area contributed by atoms with E-state index in [-0.39, 0.29) is 22.2 Å². The Balaban J connectivity index is 1.41. The topological polar surface area (TPSA) is 126 Å². The number of methoxy groups -OCH3 is 2. The van der Waals surface area contributed by atoms with Crippen molar-refractivity contribution in [3.63, 3.8) is 0 Å². The number of hydrogen-bond acceptors (Lipinski definition) is 8. The minimum atomic E-state index is -3.85. The number of sulfonamides is 2. The van der Waals surface area contributed by atoms with Crippen LogP contribution >= 0.6 is 0 Å². The van der Waals surface area contributed by atoms with E-state index in [2.05, 4.69) is 10.2 Å². The number of nitrogens with one attached hydrogen (secondary N) is 1. The van der Waals surface area contributed by atoms with Gasteiger partial charge in [-0.05, 0) is 56.3 Å². The van der Waals surface area contributed by atoms with Crippen molar-refractivity contribution in [3.8, 4) is 11.5 Å². The van der Waals surface area contributed by atoms with E-state index in [9.17, 15) is 21.6 Å². The zero-order valence-corrected chi connectivity index (χ0v) is 23.4. The standard InChI is InChI=1S/C25H34N4O7S2/c1-27-13-15-28(16-14-27)37(31,32)21-8-6-20(7-9-21)26-25(30)19-5-4-12-29(18-19)38(33,34)22-10-11-23(35-2)24(17-22)36-3/h6-11,17,19H,4-5,12-16,18H2,1-3H3,(H,26,30)/t19-/m0/s1. The fourth-order valence-electron chi connectivity index (χ4n) is 4.63. The summed E-state index contributed by atoms with van der Waals surface area (Å²) < 4.78 is 65.7. The van der Waals surface area contributed by atoms with Gasteiger partial charge >= 0.3 is 0 Å². The molecule has 0 aromatic heterocycles. The Kier molecular flexibility index (Phi) is 8.62. The van der Waals surface area contributed by atoms with Gasteiger partial charge in [0.25, 0.3) is 0 Å². The van der Waals surface area contributed by atoms with E-state index in [4.69, 9.17) is 9.47 Å². The van der Waals surface area contributed by atoms with Crippen LogP contribution in [0.5, 0.6) is 11.5 Å². The first-order valence-corrected chi connectivity index (χ1v) is 15.3. The minimum Gasteiger partial charge on any atom is -0.493 e. The predicted molar refractivity (Wildman–Crippen MR) is 142 cm³/mol. The van der Waals surface area contributed by atoms with Crippen molar-refractivity contribution in [2.24, 2.45) is 5.92 Å². The van der Waals surface area contributed by atoms with Gasteiger partial charge in [0.05, 0.1) is 29.9 Å². The molecule has 2 aliphatic heterocycles. The lowest BCUT2D eigenvalue weighted by Gasteiger charge is -2.31. The van der Waals surface area contributed by atoms with Gasteiger partial charge in [0, 0.05) is 51.0 Å². The number of piperidine rings is 1. The first-order chi connectivity index (χ1) is 18.1. The van der Waals surface area contributed by atoms with Gasteiger partial charge in [-0.1, -0.05) is 0 Å². The highest BCUT2D eigenvalue weighted by Crippen LogP contribution is 2.32. The molecule has 2 fully saturated rings. The van der Waals surface area contributed by atoms with E-state index in [0.717, 1.165) is 0 Å². The number of rotatable bonds is 8. The molecule has 1 atom stereocenters.